The molecule has 2 rings (SSSR count). The van der Waals surface area contributed by atoms with E-state index in [9.17, 15) is 4.79 Å². The highest BCUT2D eigenvalue weighted by Crippen LogP contribution is 2.27. The Kier molecular flexibility index (Phi) is 7.73. The predicted octanol–water partition coefficient (Wildman–Crippen LogP) is 1.99. The molecule has 0 unspecified atom stereocenters. The van der Waals surface area contributed by atoms with E-state index in [2.05, 4.69) is 26.9 Å². The van der Waals surface area contributed by atoms with Crippen LogP contribution in [-0.4, -0.2) is 39.7 Å². The number of nitrogens with zero attached hydrogens (tertiary/aromatic N) is 1. The molecule has 0 aliphatic carbocycles. The molecule has 0 fully saturated rings. The van der Waals surface area contributed by atoms with Crippen LogP contribution in [0.1, 0.15) is 11.1 Å². The molecule has 0 spiro atoms. The molecule has 0 atom stereocenters. The van der Waals surface area contributed by atoms with Gasteiger partial charge in [-0.15, -0.1) is 6.42 Å². The second-order valence-corrected chi connectivity index (χ2v) is 5.74. The second-order valence-electron chi connectivity index (χ2n) is 5.74. The van der Waals surface area contributed by atoms with Crippen molar-refractivity contribution in [2.24, 2.45) is 4.99 Å². The third-order valence-electron chi connectivity index (χ3n) is 3.86. The van der Waals surface area contributed by atoms with Crippen LogP contribution in [0, 0.1) is 12.3 Å². The molecule has 1 amide bonds. The van der Waals surface area contributed by atoms with Gasteiger partial charge in [-0.1, -0.05) is 18.1 Å². The summed E-state index contributed by atoms with van der Waals surface area (Å²) in [5, 5.41) is 8.91. The van der Waals surface area contributed by atoms with Gasteiger partial charge in [0.1, 0.15) is 0 Å². The zero-order valence-electron chi connectivity index (χ0n) is 16.2. The van der Waals surface area contributed by atoms with Gasteiger partial charge >= 0.3 is 0 Å². The molecule has 0 aliphatic rings. The van der Waals surface area contributed by atoms with Crippen LogP contribution >= 0.6 is 0 Å². The summed E-state index contributed by atoms with van der Waals surface area (Å²) in [5.74, 6) is 4.15. The number of hydrogen-bond donors (Lipinski definition) is 3. The first-order valence-corrected chi connectivity index (χ1v) is 8.61. The number of anilines is 1. The van der Waals surface area contributed by atoms with E-state index < -0.39 is 0 Å². The quantitative estimate of drug-likeness (QED) is 0.389. The van der Waals surface area contributed by atoms with E-state index in [4.69, 9.17) is 15.9 Å². The number of amides is 1. The van der Waals surface area contributed by atoms with Gasteiger partial charge in [-0.3, -0.25) is 9.79 Å². The number of benzene rings is 2. The minimum absolute atomic E-state index is 0.0614. The van der Waals surface area contributed by atoms with Crippen molar-refractivity contribution in [1.29, 1.82) is 0 Å². The normalized spacial score (nSPS) is 10.6. The average Bonchev–Trinajstić information content (AvgIpc) is 2.73. The van der Waals surface area contributed by atoms with E-state index in [0.29, 0.717) is 35.3 Å². The van der Waals surface area contributed by atoms with E-state index in [1.807, 2.05) is 18.2 Å². The Morgan fingerprint density at radius 3 is 2.57 bits per heavy atom. The largest absolute Gasteiger partial charge is 0.493 e. The molecule has 0 saturated carbocycles. The fraction of sp³-hybridized carbons (Fsp3) is 0.238. The Bertz CT molecular complexity index is 887. The molecule has 7 heteroatoms. The first-order valence-electron chi connectivity index (χ1n) is 8.61. The van der Waals surface area contributed by atoms with Crippen molar-refractivity contribution in [2.75, 3.05) is 33.1 Å². The number of carbonyl (C=O) groups excluding carboxylic acids is 1. The van der Waals surface area contributed by atoms with Crippen LogP contribution in [-0.2, 0) is 11.3 Å². The number of guanidine groups is 1. The summed E-state index contributed by atoms with van der Waals surface area (Å²) in [6, 6.07) is 12.8. The summed E-state index contributed by atoms with van der Waals surface area (Å²) in [7, 11) is 4.82. The highest BCUT2D eigenvalue weighted by molar-refractivity contribution is 5.95. The molecule has 0 aromatic heterocycles. The van der Waals surface area contributed by atoms with Gasteiger partial charge in [0.25, 0.3) is 0 Å². The summed E-state index contributed by atoms with van der Waals surface area (Å²) in [6.07, 6.45) is 5.37. The molecule has 0 aliphatic heterocycles. The van der Waals surface area contributed by atoms with Crippen LogP contribution in [0.15, 0.2) is 47.5 Å². The molecular formula is C21H24N4O3. The van der Waals surface area contributed by atoms with Crippen molar-refractivity contribution in [1.82, 2.24) is 10.6 Å². The summed E-state index contributed by atoms with van der Waals surface area (Å²) < 4.78 is 10.5. The molecule has 146 valence electrons. The number of terminal acetylenes is 1. The van der Waals surface area contributed by atoms with E-state index in [1.165, 1.54) is 0 Å². The van der Waals surface area contributed by atoms with Gasteiger partial charge in [0, 0.05) is 24.8 Å². The minimum atomic E-state index is -0.205. The SMILES string of the molecule is C#Cc1cccc(NC(=O)CNC(=NC)NCc2ccc(OC)c(OC)c2)c1. The van der Waals surface area contributed by atoms with E-state index in [1.54, 1.807) is 45.5 Å². The number of methoxy groups -OCH3 is 2. The summed E-state index contributed by atoms with van der Waals surface area (Å²) >= 11 is 0. The smallest absolute Gasteiger partial charge is 0.243 e. The van der Waals surface area contributed by atoms with Crippen LogP contribution in [0.25, 0.3) is 0 Å². The zero-order chi connectivity index (χ0) is 20.4. The maximum Gasteiger partial charge on any atom is 0.243 e. The van der Waals surface area contributed by atoms with Crippen LogP contribution in [0.2, 0.25) is 0 Å². The highest BCUT2D eigenvalue weighted by Gasteiger charge is 2.07. The maximum atomic E-state index is 12.1. The summed E-state index contributed by atoms with van der Waals surface area (Å²) in [5.41, 5.74) is 2.34. The van der Waals surface area contributed by atoms with Crippen molar-refractivity contribution in [3.63, 3.8) is 0 Å². The Balaban J connectivity index is 1.85. The molecule has 0 saturated heterocycles. The van der Waals surface area contributed by atoms with Crippen molar-refractivity contribution >= 4 is 17.6 Å². The molecule has 0 radical (unpaired) electrons. The third kappa shape index (κ3) is 5.95. The van der Waals surface area contributed by atoms with Gasteiger partial charge in [-0.25, -0.2) is 0 Å². The molecule has 2 aromatic carbocycles. The van der Waals surface area contributed by atoms with E-state index in [0.717, 1.165) is 5.56 Å². The molecule has 3 N–H and O–H groups in total. The van der Waals surface area contributed by atoms with Gasteiger partial charge in [-0.05, 0) is 35.9 Å². The van der Waals surface area contributed by atoms with Crippen molar-refractivity contribution in [3.8, 4) is 23.8 Å². The molecule has 0 heterocycles. The fourth-order valence-corrected chi connectivity index (χ4v) is 2.45. The fourth-order valence-electron chi connectivity index (χ4n) is 2.45. The molecular weight excluding hydrogens is 356 g/mol. The van der Waals surface area contributed by atoms with Crippen molar-refractivity contribution < 1.29 is 14.3 Å². The zero-order valence-corrected chi connectivity index (χ0v) is 16.2. The summed E-state index contributed by atoms with van der Waals surface area (Å²) in [4.78, 5) is 16.2. The van der Waals surface area contributed by atoms with Gasteiger partial charge < -0.3 is 25.4 Å². The second kappa shape index (κ2) is 10.5. The van der Waals surface area contributed by atoms with Crippen molar-refractivity contribution in [3.05, 3.63) is 53.6 Å². The van der Waals surface area contributed by atoms with Gasteiger partial charge in [0.2, 0.25) is 5.91 Å². The number of ether oxygens (including phenoxy) is 2. The van der Waals surface area contributed by atoms with Gasteiger partial charge in [-0.2, -0.15) is 0 Å². The van der Waals surface area contributed by atoms with Crippen LogP contribution in [0.4, 0.5) is 5.69 Å². The van der Waals surface area contributed by atoms with Crippen molar-refractivity contribution in [2.45, 2.75) is 6.54 Å². The first kappa shape index (κ1) is 20.6. The number of rotatable bonds is 7. The third-order valence-corrected chi connectivity index (χ3v) is 3.86. The van der Waals surface area contributed by atoms with Crippen LogP contribution in [0.5, 0.6) is 11.5 Å². The van der Waals surface area contributed by atoms with E-state index in [-0.39, 0.29) is 12.5 Å². The Morgan fingerprint density at radius 1 is 1.11 bits per heavy atom. The lowest BCUT2D eigenvalue weighted by Gasteiger charge is -2.13. The maximum absolute atomic E-state index is 12.1. The molecule has 7 nitrogen and oxygen atoms in total. The highest BCUT2D eigenvalue weighted by atomic mass is 16.5. The number of aliphatic imine (C=N–C) groups is 1. The predicted molar refractivity (Wildman–Crippen MR) is 111 cm³/mol. The Hall–Kier alpha value is -3.66. The van der Waals surface area contributed by atoms with Gasteiger partial charge in [0.05, 0.1) is 20.8 Å². The topological polar surface area (TPSA) is 84.0 Å². The lowest BCUT2D eigenvalue weighted by Crippen LogP contribution is -2.41. The Morgan fingerprint density at radius 2 is 1.89 bits per heavy atom. The monoisotopic (exact) mass is 380 g/mol. The van der Waals surface area contributed by atoms with Crippen LogP contribution < -0.4 is 25.4 Å². The average molecular weight is 380 g/mol. The van der Waals surface area contributed by atoms with E-state index >= 15 is 0 Å². The lowest BCUT2D eigenvalue weighted by atomic mass is 10.2. The first-order chi connectivity index (χ1) is 13.6. The standard InChI is InChI=1S/C21H24N4O3/c1-5-15-7-6-8-17(11-15)25-20(26)14-24-21(22-2)23-13-16-9-10-18(27-3)19(12-16)28-4/h1,6-12H,13-14H2,2-4H3,(H,25,26)(H2,22,23,24). The molecule has 0 bridgehead atoms. The lowest BCUT2D eigenvalue weighted by molar-refractivity contribution is -0.115. The molecule has 28 heavy (non-hydrogen) atoms. The number of hydrogen-bond acceptors (Lipinski definition) is 4. The van der Waals surface area contributed by atoms with Gasteiger partial charge in [0.15, 0.2) is 17.5 Å². The molecule has 2 aromatic rings. The number of nitrogens with one attached hydrogen (secondary N) is 3. The Labute approximate surface area is 165 Å². The number of carbonyl (C=O) groups is 1. The summed E-state index contributed by atoms with van der Waals surface area (Å²) in [6.45, 7) is 0.567. The van der Waals surface area contributed by atoms with Crippen LogP contribution in [0.3, 0.4) is 0 Å². The minimum Gasteiger partial charge on any atom is -0.493 e.